The molecule has 0 unspecified atom stereocenters. The number of ether oxygens (including phenoxy) is 1. The van der Waals surface area contributed by atoms with Crippen LogP contribution in [0.3, 0.4) is 0 Å². The van der Waals surface area contributed by atoms with Crippen molar-refractivity contribution in [3.05, 3.63) is 69.3 Å². The van der Waals surface area contributed by atoms with Crippen molar-refractivity contribution in [1.29, 1.82) is 0 Å². The minimum atomic E-state index is -0.267. The third kappa shape index (κ3) is 5.45. The number of amidine groups is 2. The molecule has 0 N–H and O–H groups in total. The highest BCUT2D eigenvalue weighted by molar-refractivity contribution is 6.12. The van der Waals surface area contributed by atoms with Crippen molar-refractivity contribution in [2.75, 3.05) is 0 Å². The van der Waals surface area contributed by atoms with Crippen LogP contribution in [0.25, 0.3) is 10.6 Å². The van der Waals surface area contributed by atoms with Gasteiger partial charge in [0.2, 0.25) is 0 Å². The molecule has 34 heavy (non-hydrogen) atoms. The Morgan fingerprint density at radius 2 is 1.06 bits per heavy atom. The Balaban J connectivity index is 2.25. The number of fused-ring (bicyclic) bond motifs is 2. The van der Waals surface area contributed by atoms with Crippen LogP contribution in [0.1, 0.15) is 91.5 Å². The molecular formula is C29H40N4O-2. The molecule has 2 aromatic rings. The topological polar surface area (TPSA) is 62.1 Å². The molecule has 5 nitrogen and oxygen atoms in total. The zero-order valence-electron chi connectivity index (χ0n) is 22.5. The lowest BCUT2D eigenvalue weighted by Gasteiger charge is -2.39. The first-order valence-corrected chi connectivity index (χ1v) is 12.4. The van der Waals surface area contributed by atoms with Crippen LogP contribution in [-0.2, 0) is 5.41 Å². The molecule has 1 heterocycles. The number of hydrogen-bond acceptors (Lipinski definition) is 3. The van der Waals surface area contributed by atoms with E-state index in [1.54, 1.807) is 0 Å². The number of rotatable bonds is 6. The van der Waals surface area contributed by atoms with Gasteiger partial charge in [-0.05, 0) is 24.2 Å². The van der Waals surface area contributed by atoms with Crippen LogP contribution >= 0.6 is 0 Å². The molecule has 0 aromatic heterocycles. The van der Waals surface area contributed by atoms with Crippen molar-refractivity contribution in [2.24, 2.45) is 9.98 Å². The third-order valence-electron chi connectivity index (χ3n) is 5.58. The van der Waals surface area contributed by atoms with Gasteiger partial charge >= 0.3 is 0 Å². The van der Waals surface area contributed by atoms with Gasteiger partial charge in [-0.3, -0.25) is 0 Å². The molecule has 1 aliphatic heterocycles. The molecule has 2 aromatic carbocycles. The summed E-state index contributed by atoms with van der Waals surface area (Å²) >= 11 is 0. The number of hydrogen-bond donors (Lipinski definition) is 0. The van der Waals surface area contributed by atoms with Crippen LogP contribution in [0, 0.1) is 0 Å². The summed E-state index contributed by atoms with van der Waals surface area (Å²) < 4.78 is 6.78. The zero-order valence-corrected chi connectivity index (χ0v) is 22.5. The van der Waals surface area contributed by atoms with Gasteiger partial charge in [-0.2, -0.15) is 0 Å². The van der Waals surface area contributed by atoms with Gasteiger partial charge < -0.3 is 25.4 Å². The van der Waals surface area contributed by atoms with Gasteiger partial charge in [0.1, 0.15) is 11.5 Å². The predicted molar refractivity (Wildman–Crippen MR) is 145 cm³/mol. The van der Waals surface area contributed by atoms with Crippen LogP contribution in [0.4, 0.5) is 0 Å². The van der Waals surface area contributed by atoms with Gasteiger partial charge in [0.05, 0.1) is 0 Å². The number of aliphatic imine (C=N–C) groups is 2. The van der Waals surface area contributed by atoms with Gasteiger partial charge in [-0.1, -0.05) is 117 Å². The van der Waals surface area contributed by atoms with Crippen LogP contribution in [-0.4, -0.2) is 35.8 Å². The second-order valence-electron chi connectivity index (χ2n) is 10.6. The quantitative estimate of drug-likeness (QED) is 0.318. The summed E-state index contributed by atoms with van der Waals surface area (Å²) in [5, 5.41) is 9.73. The number of para-hydroxylation sites is 2. The van der Waals surface area contributed by atoms with E-state index in [0.29, 0.717) is 0 Å². The van der Waals surface area contributed by atoms with Gasteiger partial charge in [-0.25, -0.2) is 0 Å². The van der Waals surface area contributed by atoms with Crippen molar-refractivity contribution >= 4 is 11.7 Å². The van der Waals surface area contributed by atoms with Crippen LogP contribution < -0.4 is 4.74 Å². The van der Waals surface area contributed by atoms with Crippen molar-refractivity contribution in [3.8, 4) is 11.5 Å². The molecule has 5 heteroatoms. The van der Waals surface area contributed by atoms with E-state index in [1.165, 1.54) is 0 Å². The second-order valence-corrected chi connectivity index (χ2v) is 10.6. The maximum Gasteiger partial charge on any atom is 0.138 e. The van der Waals surface area contributed by atoms with E-state index in [9.17, 15) is 0 Å². The molecule has 0 saturated carbocycles. The Morgan fingerprint density at radius 3 is 1.38 bits per heavy atom. The molecule has 1 aliphatic rings. The molecule has 0 spiro atoms. The van der Waals surface area contributed by atoms with Crippen LogP contribution in [0.5, 0.6) is 11.5 Å². The van der Waals surface area contributed by atoms with Gasteiger partial charge in [0.15, 0.2) is 0 Å². The fourth-order valence-electron chi connectivity index (χ4n) is 4.20. The SMILES string of the molecule is CC(C)N=C([N-]C(C)C)c1cccc2c1Oc1c(C(=NC(C)C)[N-]C(C)C)cccc1C2(C)C. The van der Waals surface area contributed by atoms with Crippen LogP contribution in [0.2, 0.25) is 0 Å². The Kier molecular flexibility index (Phi) is 7.74. The molecule has 0 aliphatic carbocycles. The highest BCUT2D eigenvalue weighted by Crippen LogP contribution is 2.51. The normalized spacial score (nSPS) is 15.5. The Morgan fingerprint density at radius 1 is 0.676 bits per heavy atom. The fourth-order valence-corrected chi connectivity index (χ4v) is 4.20. The monoisotopic (exact) mass is 460 g/mol. The molecule has 184 valence electrons. The minimum Gasteiger partial charge on any atom is -0.462 e. The molecule has 3 rings (SSSR count). The van der Waals surface area contributed by atoms with E-state index in [-0.39, 0.29) is 29.6 Å². The maximum absolute atomic E-state index is 6.78. The van der Waals surface area contributed by atoms with E-state index < -0.39 is 0 Å². The lowest BCUT2D eigenvalue weighted by Crippen LogP contribution is -2.27. The number of nitrogens with zero attached hydrogens (tertiary/aromatic N) is 4. The predicted octanol–water partition coefficient (Wildman–Crippen LogP) is 7.99. The summed E-state index contributed by atoms with van der Waals surface area (Å²) in [5.41, 5.74) is 3.85. The van der Waals surface area contributed by atoms with Crippen LogP contribution in [0.15, 0.2) is 46.4 Å². The first-order valence-electron chi connectivity index (χ1n) is 12.4. The second kappa shape index (κ2) is 10.2. The van der Waals surface area contributed by atoms with E-state index in [2.05, 4.69) is 106 Å². The summed E-state index contributed by atoms with van der Waals surface area (Å²) in [7, 11) is 0. The largest absolute Gasteiger partial charge is 0.462 e. The summed E-state index contributed by atoms with van der Waals surface area (Å²) in [4.78, 5) is 9.73. The van der Waals surface area contributed by atoms with E-state index in [4.69, 9.17) is 25.4 Å². The maximum atomic E-state index is 6.78. The lowest BCUT2D eigenvalue weighted by molar-refractivity contribution is 0.416. The van der Waals surface area contributed by atoms with Crippen molar-refractivity contribution in [2.45, 2.75) is 98.8 Å². The first kappa shape index (κ1) is 25.8. The van der Waals surface area contributed by atoms with E-state index >= 15 is 0 Å². The molecule has 0 fully saturated rings. The van der Waals surface area contributed by atoms with E-state index in [0.717, 1.165) is 45.4 Å². The average Bonchev–Trinajstić information content (AvgIpc) is 2.71. The molecule has 0 amide bonds. The molecular weight excluding hydrogens is 420 g/mol. The number of benzene rings is 2. The smallest absolute Gasteiger partial charge is 0.138 e. The fraction of sp³-hybridized carbons (Fsp3) is 0.517. The Hall–Kier alpha value is -2.82. The van der Waals surface area contributed by atoms with Crippen molar-refractivity contribution in [3.63, 3.8) is 0 Å². The standard InChI is InChI=1S/C29H40N4O/c1-17(2)30-27(31-18(3)4)21-13-11-15-23-25(21)34-26-22(14-12-16-24(26)29(23,9)10)28(32-19(5)6)33-20(7)8/h11-20H,1-10H3/q-2. The molecule has 0 radical (unpaired) electrons. The lowest BCUT2D eigenvalue weighted by atomic mass is 9.74. The minimum absolute atomic E-state index is 0.127. The molecule has 0 bridgehead atoms. The average molecular weight is 461 g/mol. The highest BCUT2D eigenvalue weighted by atomic mass is 16.5. The summed E-state index contributed by atoms with van der Waals surface area (Å²) in [6, 6.07) is 13.1. The van der Waals surface area contributed by atoms with E-state index in [1.807, 2.05) is 0 Å². The Labute approximate surface area is 206 Å². The third-order valence-corrected chi connectivity index (χ3v) is 5.58. The first-order chi connectivity index (χ1) is 15.9. The summed E-state index contributed by atoms with van der Waals surface area (Å²) in [5.74, 6) is 3.12. The van der Waals surface area contributed by atoms with Gasteiger partial charge in [0.25, 0.3) is 0 Å². The van der Waals surface area contributed by atoms with Gasteiger partial charge in [0, 0.05) is 27.7 Å². The summed E-state index contributed by atoms with van der Waals surface area (Å²) in [6.45, 7) is 21.1. The van der Waals surface area contributed by atoms with Crippen molar-refractivity contribution < 1.29 is 4.74 Å². The Bertz CT molecular complexity index is 994. The highest BCUT2D eigenvalue weighted by Gasteiger charge is 2.36. The zero-order chi connectivity index (χ0) is 25.2. The summed E-state index contributed by atoms with van der Waals surface area (Å²) in [6.07, 6.45) is 0. The molecule has 0 atom stereocenters. The molecule has 0 saturated heterocycles. The van der Waals surface area contributed by atoms with Gasteiger partial charge in [-0.15, -0.1) is 0 Å². The van der Waals surface area contributed by atoms with Crippen molar-refractivity contribution in [1.82, 2.24) is 0 Å².